The number of hydrogen-bond donors (Lipinski definition) is 1. The number of esters is 1. The van der Waals surface area contributed by atoms with Crippen molar-refractivity contribution in [3.63, 3.8) is 0 Å². The Morgan fingerprint density at radius 3 is 2.72 bits per heavy atom. The molecule has 3 aromatic rings. The quantitative estimate of drug-likeness (QED) is 0.634. The third kappa shape index (κ3) is 3.74. The number of furan rings is 1. The van der Waals surface area contributed by atoms with Crippen LogP contribution in [0.3, 0.4) is 0 Å². The Balaban J connectivity index is 1.46. The fourth-order valence-electron chi connectivity index (χ4n) is 4.37. The first-order valence-corrected chi connectivity index (χ1v) is 10.3. The van der Waals surface area contributed by atoms with E-state index in [1.54, 1.807) is 0 Å². The first kappa shape index (κ1) is 19.5. The molecular weight excluding hydrogens is 366 g/mol. The number of nitrogens with one attached hydrogen (secondary N) is 1. The number of carbonyl (C=O) groups is 2. The highest BCUT2D eigenvalue weighted by Gasteiger charge is 2.28. The van der Waals surface area contributed by atoms with Crippen LogP contribution in [0.1, 0.15) is 49.2 Å². The van der Waals surface area contributed by atoms with Gasteiger partial charge in [0.05, 0.1) is 0 Å². The molecule has 5 nitrogen and oxygen atoms in total. The van der Waals surface area contributed by atoms with Gasteiger partial charge in [0.2, 0.25) is 5.76 Å². The summed E-state index contributed by atoms with van der Waals surface area (Å²) >= 11 is 0. The van der Waals surface area contributed by atoms with Gasteiger partial charge in [0.1, 0.15) is 5.58 Å². The predicted molar refractivity (Wildman–Crippen MR) is 113 cm³/mol. The summed E-state index contributed by atoms with van der Waals surface area (Å²) in [6, 6.07) is 12.0. The van der Waals surface area contributed by atoms with Crippen molar-refractivity contribution >= 4 is 33.6 Å². The van der Waals surface area contributed by atoms with Crippen molar-refractivity contribution in [2.24, 2.45) is 11.8 Å². The summed E-state index contributed by atoms with van der Waals surface area (Å²) < 4.78 is 11.2. The van der Waals surface area contributed by atoms with Gasteiger partial charge in [-0.3, -0.25) is 4.79 Å². The third-order valence-electron chi connectivity index (χ3n) is 6.40. The van der Waals surface area contributed by atoms with E-state index in [9.17, 15) is 9.59 Å². The van der Waals surface area contributed by atoms with Gasteiger partial charge in [0.15, 0.2) is 6.61 Å². The van der Waals surface area contributed by atoms with Gasteiger partial charge in [-0.1, -0.05) is 63.1 Å². The second kappa shape index (κ2) is 7.90. The van der Waals surface area contributed by atoms with E-state index in [-0.39, 0.29) is 24.3 Å². The van der Waals surface area contributed by atoms with Gasteiger partial charge in [-0.2, -0.15) is 0 Å². The van der Waals surface area contributed by atoms with Crippen LogP contribution in [0.5, 0.6) is 0 Å². The Morgan fingerprint density at radius 2 is 1.90 bits per heavy atom. The molecule has 29 heavy (non-hydrogen) atoms. The maximum atomic E-state index is 12.6. The molecule has 1 saturated carbocycles. The Bertz CT molecular complexity index is 1070. The van der Waals surface area contributed by atoms with E-state index in [1.807, 2.05) is 43.3 Å². The summed E-state index contributed by atoms with van der Waals surface area (Å²) in [5, 5.41) is 5.90. The lowest BCUT2D eigenvalue weighted by atomic mass is 9.78. The molecule has 1 aliphatic rings. The van der Waals surface area contributed by atoms with Crippen LogP contribution in [0.15, 0.2) is 40.8 Å². The van der Waals surface area contributed by atoms with Crippen molar-refractivity contribution in [2.45, 2.75) is 46.1 Å². The molecule has 3 atom stereocenters. The van der Waals surface area contributed by atoms with Crippen LogP contribution >= 0.6 is 0 Å². The molecule has 1 aliphatic carbocycles. The molecule has 4 rings (SSSR count). The van der Waals surface area contributed by atoms with E-state index < -0.39 is 5.97 Å². The Morgan fingerprint density at radius 1 is 1.10 bits per heavy atom. The molecule has 1 fully saturated rings. The van der Waals surface area contributed by atoms with Gasteiger partial charge in [-0.25, -0.2) is 4.79 Å². The van der Waals surface area contributed by atoms with Crippen LogP contribution < -0.4 is 5.32 Å². The molecule has 0 spiro atoms. The largest absolute Gasteiger partial charge is 0.450 e. The number of benzene rings is 2. The normalized spacial score (nSPS) is 22.0. The molecule has 1 amide bonds. The summed E-state index contributed by atoms with van der Waals surface area (Å²) in [6.45, 7) is 5.93. The summed E-state index contributed by atoms with van der Waals surface area (Å²) in [6.07, 6.45) is 3.28. The molecule has 0 bridgehead atoms. The molecule has 0 unspecified atom stereocenters. The topological polar surface area (TPSA) is 68.5 Å². The van der Waals surface area contributed by atoms with Gasteiger partial charge in [-0.05, 0) is 30.6 Å². The summed E-state index contributed by atoms with van der Waals surface area (Å²) in [7, 11) is 0. The van der Waals surface area contributed by atoms with Crippen molar-refractivity contribution in [1.82, 2.24) is 5.32 Å². The maximum Gasteiger partial charge on any atom is 0.375 e. The molecule has 5 heteroatoms. The fraction of sp³-hybridized carbons (Fsp3) is 0.417. The van der Waals surface area contributed by atoms with E-state index in [2.05, 4.69) is 19.2 Å². The van der Waals surface area contributed by atoms with Crippen LogP contribution in [0.4, 0.5) is 0 Å². The molecule has 1 aromatic heterocycles. The standard InChI is InChI=1S/C24H27NO4/c1-14-7-6-10-20(15(14)2)25-21(26)13-28-24(27)22-16(3)18-12-11-17-8-4-5-9-19(17)23(18)29-22/h4-5,8-9,11-12,14-15,20H,6-7,10,13H2,1-3H3,(H,25,26)/t14-,15+,20-/m0/s1. The van der Waals surface area contributed by atoms with Crippen LogP contribution in [0.25, 0.3) is 21.7 Å². The average molecular weight is 393 g/mol. The molecule has 1 N–H and O–H groups in total. The zero-order chi connectivity index (χ0) is 20.5. The minimum absolute atomic E-state index is 0.143. The zero-order valence-electron chi connectivity index (χ0n) is 17.2. The molecule has 2 aromatic carbocycles. The Kier molecular flexibility index (Phi) is 5.31. The highest BCUT2D eigenvalue weighted by atomic mass is 16.5. The van der Waals surface area contributed by atoms with Crippen molar-refractivity contribution in [3.05, 3.63) is 47.7 Å². The van der Waals surface area contributed by atoms with Gasteiger partial charge >= 0.3 is 5.97 Å². The summed E-state index contributed by atoms with van der Waals surface area (Å²) in [4.78, 5) is 24.9. The summed E-state index contributed by atoms with van der Waals surface area (Å²) in [5.41, 5.74) is 1.40. The minimum atomic E-state index is -0.608. The van der Waals surface area contributed by atoms with Crippen molar-refractivity contribution in [1.29, 1.82) is 0 Å². The number of hydrogen-bond acceptors (Lipinski definition) is 4. The van der Waals surface area contributed by atoms with E-state index >= 15 is 0 Å². The average Bonchev–Trinajstić information content (AvgIpc) is 3.07. The number of carbonyl (C=O) groups excluding carboxylic acids is 2. The Labute approximate surface area is 170 Å². The van der Waals surface area contributed by atoms with E-state index in [4.69, 9.17) is 9.15 Å². The van der Waals surface area contributed by atoms with Gasteiger partial charge in [0.25, 0.3) is 5.91 Å². The lowest BCUT2D eigenvalue weighted by Crippen LogP contribution is -2.45. The number of ether oxygens (including phenoxy) is 1. The number of amides is 1. The van der Waals surface area contributed by atoms with Crippen LogP contribution in [-0.2, 0) is 9.53 Å². The highest BCUT2D eigenvalue weighted by Crippen LogP contribution is 2.32. The van der Waals surface area contributed by atoms with E-state index in [0.717, 1.165) is 34.6 Å². The van der Waals surface area contributed by atoms with Crippen LogP contribution in [0, 0.1) is 18.8 Å². The van der Waals surface area contributed by atoms with Gasteiger partial charge in [-0.15, -0.1) is 0 Å². The Hall–Kier alpha value is -2.82. The minimum Gasteiger partial charge on any atom is -0.450 e. The third-order valence-corrected chi connectivity index (χ3v) is 6.40. The molecule has 0 saturated heterocycles. The smallest absolute Gasteiger partial charge is 0.375 e. The monoisotopic (exact) mass is 393 g/mol. The number of rotatable bonds is 4. The molecule has 1 heterocycles. The first-order chi connectivity index (χ1) is 14.0. The van der Waals surface area contributed by atoms with Crippen molar-refractivity contribution in [2.75, 3.05) is 6.61 Å². The second-order valence-electron chi connectivity index (χ2n) is 8.24. The summed E-state index contributed by atoms with van der Waals surface area (Å²) in [5.74, 6) is 0.300. The maximum absolute atomic E-state index is 12.6. The lowest BCUT2D eigenvalue weighted by Gasteiger charge is -2.34. The SMILES string of the molecule is Cc1c(C(=O)OCC(=O)N[C@H]2CCC[C@H](C)[C@H]2C)oc2c1ccc1ccccc12. The number of aryl methyl sites for hydroxylation is 1. The van der Waals surface area contributed by atoms with Crippen molar-refractivity contribution < 1.29 is 18.7 Å². The molecule has 0 aliphatic heterocycles. The number of fused-ring (bicyclic) bond motifs is 3. The fourth-order valence-corrected chi connectivity index (χ4v) is 4.37. The molecular formula is C24H27NO4. The van der Waals surface area contributed by atoms with E-state index in [1.165, 1.54) is 6.42 Å². The van der Waals surface area contributed by atoms with E-state index in [0.29, 0.717) is 17.4 Å². The van der Waals surface area contributed by atoms with Gasteiger partial charge in [0, 0.05) is 22.4 Å². The molecule has 0 radical (unpaired) electrons. The second-order valence-corrected chi connectivity index (χ2v) is 8.24. The highest BCUT2D eigenvalue weighted by molar-refractivity contribution is 6.08. The van der Waals surface area contributed by atoms with Crippen molar-refractivity contribution in [3.8, 4) is 0 Å². The van der Waals surface area contributed by atoms with Crippen LogP contribution in [0.2, 0.25) is 0 Å². The zero-order valence-corrected chi connectivity index (χ0v) is 17.2. The molecule has 152 valence electrons. The lowest BCUT2D eigenvalue weighted by molar-refractivity contribution is -0.125. The predicted octanol–water partition coefficient (Wildman–Crippen LogP) is 4.99. The van der Waals surface area contributed by atoms with Gasteiger partial charge < -0.3 is 14.5 Å². The first-order valence-electron chi connectivity index (χ1n) is 10.3. The van der Waals surface area contributed by atoms with Crippen LogP contribution in [-0.4, -0.2) is 24.5 Å².